The van der Waals surface area contributed by atoms with E-state index < -0.39 is 17.8 Å². The zero-order valence-electron chi connectivity index (χ0n) is 20.3. The SMILES string of the molecule is CC1(C)CC(=C(Nc2ccc(-n3cnc(C(F)(F)F)c3)nc2)c2ccc(C(=O)NCCC(=O)O)cc2)C1. The first-order valence-corrected chi connectivity index (χ1v) is 11.6. The molecule has 11 heteroatoms. The molecule has 1 amide bonds. The van der Waals surface area contributed by atoms with Crippen LogP contribution in [0, 0.1) is 5.41 Å². The molecule has 2 aromatic heterocycles. The van der Waals surface area contributed by atoms with Crippen LogP contribution >= 0.6 is 0 Å². The van der Waals surface area contributed by atoms with Crippen molar-refractivity contribution in [2.75, 3.05) is 11.9 Å². The molecule has 2 heterocycles. The molecule has 0 bridgehead atoms. The molecular formula is C26H26F3N5O3. The van der Waals surface area contributed by atoms with Crippen molar-refractivity contribution < 1.29 is 27.9 Å². The highest BCUT2D eigenvalue weighted by molar-refractivity contribution is 5.95. The van der Waals surface area contributed by atoms with Gasteiger partial charge in [0.2, 0.25) is 0 Å². The van der Waals surface area contributed by atoms with Crippen molar-refractivity contribution in [3.05, 3.63) is 77.5 Å². The Hall–Kier alpha value is -4.15. The Bertz CT molecular complexity index is 1320. The molecule has 1 aliphatic carbocycles. The van der Waals surface area contributed by atoms with Gasteiger partial charge in [-0.2, -0.15) is 13.2 Å². The summed E-state index contributed by atoms with van der Waals surface area (Å²) >= 11 is 0. The number of hydrogen-bond donors (Lipinski definition) is 3. The molecule has 3 N–H and O–H groups in total. The zero-order chi connectivity index (χ0) is 26.8. The van der Waals surface area contributed by atoms with Crippen molar-refractivity contribution in [2.45, 2.75) is 39.3 Å². The number of carboxylic acids is 1. The van der Waals surface area contributed by atoms with Crippen LogP contribution in [-0.2, 0) is 11.0 Å². The number of halogens is 3. The van der Waals surface area contributed by atoms with Crippen LogP contribution in [0.1, 0.15) is 54.7 Å². The Morgan fingerprint density at radius 3 is 2.27 bits per heavy atom. The number of nitrogens with one attached hydrogen (secondary N) is 2. The van der Waals surface area contributed by atoms with E-state index in [1.165, 1.54) is 16.3 Å². The molecule has 0 atom stereocenters. The molecule has 0 radical (unpaired) electrons. The first-order chi connectivity index (χ1) is 17.4. The van der Waals surface area contributed by atoms with Crippen molar-refractivity contribution >= 4 is 23.3 Å². The highest BCUT2D eigenvalue weighted by Crippen LogP contribution is 2.47. The average molecular weight is 514 g/mol. The molecule has 8 nitrogen and oxygen atoms in total. The van der Waals surface area contributed by atoms with Crippen molar-refractivity contribution in [1.29, 1.82) is 0 Å². The van der Waals surface area contributed by atoms with Crippen LogP contribution < -0.4 is 10.6 Å². The van der Waals surface area contributed by atoms with Crippen LogP contribution in [0.5, 0.6) is 0 Å². The summed E-state index contributed by atoms with van der Waals surface area (Å²) in [5.41, 5.74) is 3.20. The van der Waals surface area contributed by atoms with Gasteiger partial charge in [-0.1, -0.05) is 26.0 Å². The van der Waals surface area contributed by atoms with E-state index in [2.05, 4.69) is 34.4 Å². The molecule has 4 rings (SSSR count). The third-order valence-electron chi connectivity index (χ3n) is 5.95. The van der Waals surface area contributed by atoms with Crippen LogP contribution in [0.25, 0.3) is 11.5 Å². The standard InChI is InChI=1S/C26H26F3N5O3/c1-25(2)11-18(12-25)23(16-3-5-17(6-4-16)24(37)30-10-9-22(35)36)33-19-7-8-21(31-13-19)34-14-20(32-15-34)26(27,28)29/h3-8,13-15,33H,9-12H2,1-2H3,(H,30,37)(H,35,36). The lowest BCUT2D eigenvalue weighted by atomic mass is 9.67. The number of aromatic nitrogens is 3. The van der Waals surface area contributed by atoms with Crippen LogP contribution in [0.15, 0.2) is 60.7 Å². The lowest BCUT2D eigenvalue weighted by Gasteiger charge is -2.39. The maximum absolute atomic E-state index is 12.9. The molecule has 194 valence electrons. The number of benzene rings is 1. The van der Waals surface area contributed by atoms with Crippen LogP contribution in [0.2, 0.25) is 0 Å². The minimum atomic E-state index is -4.53. The molecule has 3 aromatic rings. The summed E-state index contributed by atoms with van der Waals surface area (Å²) in [4.78, 5) is 30.6. The number of nitrogens with zero attached hydrogens (tertiary/aromatic N) is 3. The zero-order valence-corrected chi connectivity index (χ0v) is 20.3. The van der Waals surface area contributed by atoms with E-state index in [-0.39, 0.29) is 24.3 Å². The minimum Gasteiger partial charge on any atom is -0.481 e. The number of imidazole rings is 1. The van der Waals surface area contributed by atoms with E-state index in [1.54, 1.807) is 24.3 Å². The van der Waals surface area contributed by atoms with Crippen molar-refractivity contribution in [3.63, 3.8) is 0 Å². The fraction of sp³-hybridized carbons (Fsp3) is 0.308. The lowest BCUT2D eigenvalue weighted by molar-refractivity contribution is -0.141. The molecule has 0 unspecified atom stereocenters. The fourth-order valence-electron chi connectivity index (χ4n) is 4.17. The van der Waals surface area contributed by atoms with E-state index in [0.717, 1.165) is 36.6 Å². The van der Waals surface area contributed by atoms with Gasteiger partial charge in [0.25, 0.3) is 5.91 Å². The van der Waals surface area contributed by atoms with Gasteiger partial charge in [-0.15, -0.1) is 0 Å². The monoisotopic (exact) mass is 513 g/mol. The van der Waals surface area contributed by atoms with E-state index in [9.17, 15) is 22.8 Å². The second kappa shape index (κ2) is 10.1. The van der Waals surface area contributed by atoms with Crippen molar-refractivity contribution in [3.8, 4) is 5.82 Å². The van der Waals surface area contributed by atoms with Crippen molar-refractivity contribution in [1.82, 2.24) is 19.9 Å². The summed E-state index contributed by atoms with van der Waals surface area (Å²) in [5, 5.41) is 14.7. The van der Waals surface area contributed by atoms with E-state index >= 15 is 0 Å². The van der Waals surface area contributed by atoms with Gasteiger partial charge in [0.15, 0.2) is 5.69 Å². The maximum atomic E-state index is 12.9. The predicted octanol–water partition coefficient (Wildman–Crippen LogP) is 5.13. The third kappa shape index (κ3) is 6.35. The Kier molecular flexibility index (Phi) is 7.06. The molecule has 0 aliphatic heterocycles. The number of amides is 1. The summed E-state index contributed by atoms with van der Waals surface area (Å²) in [6, 6.07) is 10.3. The Labute approximate surface area is 211 Å². The molecule has 1 aliphatic rings. The van der Waals surface area contributed by atoms with Crippen LogP contribution in [0.3, 0.4) is 0 Å². The van der Waals surface area contributed by atoms with Gasteiger partial charge in [-0.05, 0) is 53.7 Å². The number of carbonyl (C=O) groups excluding carboxylic acids is 1. The number of aliphatic carboxylic acids is 1. The number of pyridine rings is 1. The summed E-state index contributed by atoms with van der Waals surface area (Å²) in [6.07, 6.45) is 0.578. The first-order valence-electron chi connectivity index (χ1n) is 11.6. The smallest absolute Gasteiger partial charge is 0.434 e. The summed E-state index contributed by atoms with van der Waals surface area (Å²) in [6.45, 7) is 4.39. The predicted molar refractivity (Wildman–Crippen MR) is 131 cm³/mol. The summed E-state index contributed by atoms with van der Waals surface area (Å²) in [7, 11) is 0. The number of carbonyl (C=O) groups is 2. The molecule has 0 spiro atoms. The fourth-order valence-corrected chi connectivity index (χ4v) is 4.17. The normalized spacial score (nSPS) is 14.6. The second-order valence-electron chi connectivity index (χ2n) is 9.67. The first kappa shape index (κ1) is 25.9. The number of allylic oxidation sites excluding steroid dienone is 1. The Morgan fingerprint density at radius 1 is 1.05 bits per heavy atom. The van der Waals surface area contributed by atoms with Gasteiger partial charge in [-0.3, -0.25) is 14.2 Å². The maximum Gasteiger partial charge on any atom is 0.434 e. The van der Waals surface area contributed by atoms with Gasteiger partial charge in [0.1, 0.15) is 12.1 Å². The average Bonchev–Trinajstić information content (AvgIpc) is 3.32. The molecule has 1 saturated carbocycles. The van der Waals surface area contributed by atoms with Gasteiger partial charge in [0, 0.05) is 24.0 Å². The number of hydrogen-bond acceptors (Lipinski definition) is 5. The van der Waals surface area contributed by atoms with E-state index in [4.69, 9.17) is 5.11 Å². The van der Waals surface area contributed by atoms with Gasteiger partial charge in [-0.25, -0.2) is 9.97 Å². The number of alkyl halides is 3. The summed E-state index contributed by atoms with van der Waals surface area (Å²) < 4.78 is 39.8. The third-order valence-corrected chi connectivity index (χ3v) is 5.95. The lowest BCUT2D eigenvalue weighted by Crippen LogP contribution is -2.27. The topological polar surface area (TPSA) is 109 Å². The highest BCUT2D eigenvalue weighted by atomic mass is 19.4. The molecule has 1 fully saturated rings. The van der Waals surface area contributed by atoms with E-state index in [0.29, 0.717) is 17.1 Å². The molecule has 0 saturated heterocycles. The summed E-state index contributed by atoms with van der Waals surface area (Å²) in [5.74, 6) is -1.04. The number of anilines is 1. The molecule has 37 heavy (non-hydrogen) atoms. The van der Waals surface area contributed by atoms with Crippen LogP contribution in [0.4, 0.5) is 18.9 Å². The van der Waals surface area contributed by atoms with Crippen LogP contribution in [-0.4, -0.2) is 38.1 Å². The largest absolute Gasteiger partial charge is 0.481 e. The van der Waals surface area contributed by atoms with E-state index in [1.807, 2.05) is 12.1 Å². The highest BCUT2D eigenvalue weighted by Gasteiger charge is 2.34. The molecule has 1 aromatic carbocycles. The number of rotatable bonds is 8. The minimum absolute atomic E-state index is 0.0431. The second-order valence-corrected chi connectivity index (χ2v) is 9.67. The Balaban J connectivity index is 1.52. The van der Waals surface area contributed by atoms with Gasteiger partial charge >= 0.3 is 12.1 Å². The molecular weight excluding hydrogens is 487 g/mol. The quantitative estimate of drug-likeness (QED) is 0.385. The number of carboxylic acid groups (broad SMARTS) is 1. The van der Waals surface area contributed by atoms with Crippen molar-refractivity contribution in [2.24, 2.45) is 5.41 Å². The van der Waals surface area contributed by atoms with Gasteiger partial charge < -0.3 is 15.7 Å². The van der Waals surface area contributed by atoms with Gasteiger partial charge in [0.05, 0.1) is 18.3 Å². The Morgan fingerprint density at radius 2 is 1.73 bits per heavy atom.